The standard InChI is InChI=1S/C32H27N9O6/c33-30-27-29(20-12-13-25-22(15-20)37-32(34)46-25)38-40(31(27)36-18-35-30)14-6-11-26(42)45-16-21-9-4-5-10-24(21)44-17-23-28(39-47-41(23)43)19-7-2-1-3-8-19/h1-5,7-10,12-13,15,18H,6,11,14,16-17H2,(H2,34,37)(H2,33,35,36). The lowest BCUT2D eigenvalue weighted by molar-refractivity contribution is -0.808. The highest BCUT2D eigenvalue weighted by molar-refractivity contribution is 5.99. The van der Waals surface area contributed by atoms with Gasteiger partial charge < -0.3 is 30.6 Å². The van der Waals surface area contributed by atoms with Gasteiger partial charge in [-0.05, 0) is 35.6 Å². The summed E-state index contributed by atoms with van der Waals surface area (Å²) in [5.41, 5.74) is 16.9. The van der Waals surface area contributed by atoms with Gasteiger partial charge in [0.15, 0.2) is 17.8 Å². The number of aromatic nitrogens is 7. The van der Waals surface area contributed by atoms with E-state index in [2.05, 4.69) is 20.1 Å². The van der Waals surface area contributed by atoms with Crippen molar-refractivity contribution in [2.45, 2.75) is 32.6 Å². The number of benzene rings is 3. The Bertz CT molecular complexity index is 2210. The van der Waals surface area contributed by atoms with Gasteiger partial charge >= 0.3 is 5.97 Å². The maximum absolute atomic E-state index is 12.7. The van der Waals surface area contributed by atoms with Crippen LogP contribution in [0.1, 0.15) is 24.1 Å². The number of para-hydroxylation sites is 1. The number of hydrogen-bond acceptors (Lipinski definition) is 13. The molecule has 0 atom stereocenters. The molecule has 7 rings (SSSR count). The van der Waals surface area contributed by atoms with Gasteiger partial charge in [-0.1, -0.05) is 48.5 Å². The Kier molecular flexibility index (Phi) is 7.75. The molecular formula is C32H27N9O6. The molecule has 0 radical (unpaired) electrons. The quantitative estimate of drug-likeness (QED) is 0.151. The van der Waals surface area contributed by atoms with Gasteiger partial charge in [0.2, 0.25) is 5.69 Å². The number of carbonyl (C=O) groups is 1. The average molecular weight is 634 g/mol. The first-order valence-corrected chi connectivity index (χ1v) is 14.6. The molecule has 0 saturated carbocycles. The van der Waals surface area contributed by atoms with Crippen LogP contribution in [0, 0.1) is 5.21 Å². The van der Waals surface area contributed by atoms with Gasteiger partial charge in [0, 0.05) is 34.8 Å². The van der Waals surface area contributed by atoms with E-state index in [0.29, 0.717) is 62.7 Å². The van der Waals surface area contributed by atoms with Crippen molar-refractivity contribution >= 4 is 39.9 Å². The fourth-order valence-electron chi connectivity index (χ4n) is 5.20. The molecular weight excluding hydrogens is 606 g/mol. The topological polar surface area (TPSA) is 210 Å². The molecule has 0 fully saturated rings. The van der Waals surface area contributed by atoms with Crippen LogP contribution < -0.4 is 21.1 Å². The number of anilines is 2. The van der Waals surface area contributed by atoms with Crippen molar-refractivity contribution in [1.82, 2.24) is 29.9 Å². The fourth-order valence-corrected chi connectivity index (χ4v) is 5.20. The summed E-state index contributed by atoms with van der Waals surface area (Å²) in [6, 6.07) is 21.8. The monoisotopic (exact) mass is 633 g/mol. The van der Waals surface area contributed by atoms with Crippen molar-refractivity contribution in [2.24, 2.45) is 0 Å². The predicted molar refractivity (Wildman–Crippen MR) is 168 cm³/mol. The van der Waals surface area contributed by atoms with Crippen LogP contribution in [-0.4, -0.2) is 35.9 Å². The Morgan fingerprint density at radius 2 is 1.79 bits per heavy atom. The minimum Gasteiger partial charge on any atom is -0.484 e. The fraction of sp³-hybridized carbons (Fsp3) is 0.156. The molecule has 0 unspecified atom stereocenters. The van der Waals surface area contributed by atoms with Crippen LogP contribution in [0.5, 0.6) is 5.75 Å². The molecule has 4 aromatic heterocycles. The van der Waals surface area contributed by atoms with Crippen molar-refractivity contribution in [3.8, 4) is 28.3 Å². The lowest BCUT2D eigenvalue weighted by atomic mass is 10.1. The first-order valence-electron chi connectivity index (χ1n) is 14.6. The molecule has 0 aliphatic heterocycles. The third-order valence-corrected chi connectivity index (χ3v) is 7.46. The largest absolute Gasteiger partial charge is 0.484 e. The smallest absolute Gasteiger partial charge is 0.306 e. The minimum absolute atomic E-state index is 0.0186. The molecule has 0 amide bonds. The van der Waals surface area contributed by atoms with Crippen LogP contribution in [0.25, 0.3) is 44.6 Å². The van der Waals surface area contributed by atoms with E-state index in [4.69, 9.17) is 35.1 Å². The van der Waals surface area contributed by atoms with Gasteiger partial charge in [-0.25, -0.2) is 14.6 Å². The van der Waals surface area contributed by atoms with Crippen LogP contribution in [0.3, 0.4) is 0 Å². The maximum atomic E-state index is 12.7. The lowest BCUT2D eigenvalue weighted by Crippen LogP contribution is -2.29. The summed E-state index contributed by atoms with van der Waals surface area (Å²) in [4.78, 5) is 25.8. The van der Waals surface area contributed by atoms with E-state index in [0.717, 1.165) is 11.1 Å². The summed E-state index contributed by atoms with van der Waals surface area (Å²) in [6.45, 7) is 0.254. The Hall–Kier alpha value is -6.51. The molecule has 0 saturated heterocycles. The van der Waals surface area contributed by atoms with Crippen LogP contribution in [-0.2, 0) is 29.3 Å². The van der Waals surface area contributed by atoms with Crippen molar-refractivity contribution in [3.05, 3.63) is 95.6 Å². The first-order chi connectivity index (χ1) is 22.9. The minimum atomic E-state index is -0.400. The van der Waals surface area contributed by atoms with Gasteiger partial charge in [-0.2, -0.15) is 10.1 Å². The van der Waals surface area contributed by atoms with Gasteiger partial charge in [0.25, 0.3) is 11.7 Å². The van der Waals surface area contributed by atoms with Gasteiger partial charge in [0.05, 0.1) is 5.39 Å². The molecule has 0 aliphatic rings. The van der Waals surface area contributed by atoms with Gasteiger partial charge in [-0.15, -0.1) is 0 Å². The molecule has 15 heteroatoms. The second-order valence-corrected chi connectivity index (χ2v) is 10.5. The van der Waals surface area contributed by atoms with E-state index in [9.17, 15) is 10.0 Å². The number of ether oxygens (including phenoxy) is 2. The van der Waals surface area contributed by atoms with Crippen molar-refractivity contribution in [1.29, 1.82) is 0 Å². The first kappa shape index (κ1) is 29.2. The molecule has 236 valence electrons. The molecule has 0 aliphatic carbocycles. The summed E-state index contributed by atoms with van der Waals surface area (Å²) < 4.78 is 23.4. The van der Waals surface area contributed by atoms with E-state index in [1.54, 1.807) is 35.0 Å². The van der Waals surface area contributed by atoms with Crippen LogP contribution in [0.15, 0.2) is 88.2 Å². The Balaban J connectivity index is 0.989. The molecule has 7 aromatic rings. The Morgan fingerprint density at radius 3 is 2.66 bits per heavy atom. The molecule has 15 nitrogen and oxygen atoms in total. The molecule has 0 spiro atoms. The zero-order valence-corrected chi connectivity index (χ0v) is 24.8. The third kappa shape index (κ3) is 5.96. The predicted octanol–water partition coefficient (Wildman–Crippen LogP) is 4.19. The number of fused-ring (bicyclic) bond motifs is 2. The van der Waals surface area contributed by atoms with Crippen molar-refractivity contribution in [2.75, 3.05) is 11.5 Å². The Labute approximate surface area is 265 Å². The van der Waals surface area contributed by atoms with E-state index in [1.807, 2.05) is 42.5 Å². The molecule has 3 aromatic carbocycles. The second-order valence-electron chi connectivity index (χ2n) is 10.5. The second kappa shape index (κ2) is 12.5. The number of rotatable bonds is 11. The number of aryl methyl sites for hydroxylation is 1. The zero-order valence-electron chi connectivity index (χ0n) is 24.8. The number of nitrogens with two attached hydrogens (primary N) is 2. The molecule has 4 N–H and O–H groups in total. The van der Waals surface area contributed by atoms with Crippen LogP contribution in [0.4, 0.5) is 11.8 Å². The molecule has 4 heterocycles. The number of hydrogen-bond donors (Lipinski definition) is 2. The van der Waals surface area contributed by atoms with E-state index in [-0.39, 0.29) is 37.2 Å². The van der Waals surface area contributed by atoms with Crippen molar-refractivity contribution < 1.29 is 28.2 Å². The summed E-state index contributed by atoms with van der Waals surface area (Å²) in [6.07, 6.45) is 1.92. The number of oxazole rings is 1. The summed E-state index contributed by atoms with van der Waals surface area (Å²) in [7, 11) is 0. The summed E-state index contributed by atoms with van der Waals surface area (Å²) >= 11 is 0. The lowest BCUT2D eigenvalue weighted by Gasteiger charge is -2.11. The summed E-state index contributed by atoms with van der Waals surface area (Å²) in [5.74, 6) is 0.337. The number of nitrogen functional groups attached to an aromatic ring is 2. The van der Waals surface area contributed by atoms with E-state index in [1.165, 1.54) is 6.33 Å². The average Bonchev–Trinajstić information content (AvgIpc) is 3.77. The highest BCUT2D eigenvalue weighted by atomic mass is 16.8. The summed E-state index contributed by atoms with van der Waals surface area (Å²) in [5, 5.41) is 21.5. The zero-order chi connectivity index (χ0) is 32.3. The molecule has 0 bridgehead atoms. The molecule has 47 heavy (non-hydrogen) atoms. The van der Waals surface area contributed by atoms with E-state index >= 15 is 0 Å². The number of esters is 1. The van der Waals surface area contributed by atoms with Gasteiger partial charge in [0.1, 0.15) is 35.7 Å². The number of nitrogens with zero attached hydrogens (tertiary/aromatic N) is 7. The maximum Gasteiger partial charge on any atom is 0.306 e. The Morgan fingerprint density at radius 1 is 0.957 bits per heavy atom. The highest BCUT2D eigenvalue weighted by Gasteiger charge is 2.22. The third-order valence-electron chi connectivity index (χ3n) is 7.46. The normalized spacial score (nSPS) is 11.3. The highest BCUT2D eigenvalue weighted by Crippen LogP contribution is 2.32. The van der Waals surface area contributed by atoms with Crippen LogP contribution >= 0.6 is 0 Å². The van der Waals surface area contributed by atoms with Gasteiger partial charge in [-0.3, -0.25) is 9.42 Å². The van der Waals surface area contributed by atoms with Crippen molar-refractivity contribution in [3.63, 3.8) is 0 Å². The number of carbonyl (C=O) groups excluding carboxylic acids is 1. The van der Waals surface area contributed by atoms with E-state index < -0.39 is 5.97 Å². The SMILES string of the molecule is Nc1nc2cc(-c3nn(CCCC(=O)OCc4ccccc4OCc4c(-c5ccccc5)no[n+]4[O-])c4ncnc(N)c34)ccc2o1. The van der Waals surface area contributed by atoms with Crippen LogP contribution in [0.2, 0.25) is 0 Å².